The zero-order valence-electron chi connectivity index (χ0n) is 13.9. The van der Waals surface area contributed by atoms with Gasteiger partial charge in [-0.1, -0.05) is 43.7 Å². The van der Waals surface area contributed by atoms with Crippen molar-refractivity contribution in [1.82, 2.24) is 19.8 Å². The van der Waals surface area contributed by atoms with E-state index in [1.807, 2.05) is 30.3 Å². The van der Waals surface area contributed by atoms with E-state index in [4.69, 9.17) is 4.74 Å². The summed E-state index contributed by atoms with van der Waals surface area (Å²) in [4.78, 5) is 11.8. The highest BCUT2D eigenvalue weighted by Gasteiger charge is 2.16. The topological polar surface area (TPSA) is 69.4 Å². The molecule has 0 spiro atoms. The number of hydrogen-bond acceptors (Lipinski definition) is 5. The van der Waals surface area contributed by atoms with Crippen LogP contribution in [0.15, 0.2) is 36.4 Å². The number of esters is 1. The number of carbonyl (C=O) groups is 1. The predicted octanol–water partition coefficient (Wildman–Crippen LogP) is 2.85. The van der Waals surface area contributed by atoms with Crippen LogP contribution in [0.3, 0.4) is 0 Å². The van der Waals surface area contributed by atoms with Crippen LogP contribution in [0, 0.1) is 0 Å². The first-order valence-corrected chi connectivity index (χ1v) is 8.18. The van der Waals surface area contributed by atoms with Gasteiger partial charge in [-0.3, -0.25) is 4.79 Å². The van der Waals surface area contributed by atoms with Crippen molar-refractivity contribution >= 4 is 11.6 Å². The van der Waals surface area contributed by atoms with Crippen LogP contribution in [0.2, 0.25) is 0 Å². The van der Waals surface area contributed by atoms with Gasteiger partial charge in [-0.05, 0) is 19.4 Å². The van der Waals surface area contributed by atoms with Crippen LogP contribution >= 0.6 is 0 Å². The van der Waals surface area contributed by atoms with Crippen molar-refractivity contribution in [2.75, 3.05) is 6.61 Å². The third-order valence-electron chi connectivity index (χ3n) is 3.71. The molecule has 6 nitrogen and oxygen atoms in total. The summed E-state index contributed by atoms with van der Waals surface area (Å²) in [6, 6.07) is 12.0. The molecule has 0 saturated heterocycles. The molecule has 0 radical (unpaired) electrons. The average molecular weight is 324 g/mol. The molecule has 0 saturated carbocycles. The second-order valence-corrected chi connectivity index (χ2v) is 5.50. The number of fused-ring (bicyclic) bond motifs is 1. The highest BCUT2D eigenvalue weighted by atomic mass is 16.5. The van der Waals surface area contributed by atoms with Gasteiger partial charge in [-0.2, -0.15) is 9.61 Å². The van der Waals surface area contributed by atoms with Gasteiger partial charge in [0.1, 0.15) is 6.42 Å². The highest BCUT2D eigenvalue weighted by molar-refractivity contribution is 5.72. The smallest absolute Gasteiger partial charge is 0.313 e. The summed E-state index contributed by atoms with van der Waals surface area (Å²) >= 11 is 0. The summed E-state index contributed by atoms with van der Waals surface area (Å²) in [5.41, 5.74) is 3.65. The summed E-state index contributed by atoms with van der Waals surface area (Å²) in [5.74, 6) is 0.175. The van der Waals surface area contributed by atoms with Crippen molar-refractivity contribution < 1.29 is 9.53 Å². The number of aryl methyl sites for hydroxylation is 1. The summed E-state index contributed by atoms with van der Waals surface area (Å²) in [6.45, 7) is 4.25. The lowest BCUT2D eigenvalue weighted by molar-refractivity contribution is -0.142. The molecule has 2 aromatic heterocycles. The van der Waals surface area contributed by atoms with Crippen LogP contribution in [0.25, 0.3) is 16.9 Å². The maximum absolute atomic E-state index is 11.8. The quantitative estimate of drug-likeness (QED) is 0.652. The van der Waals surface area contributed by atoms with Gasteiger partial charge >= 0.3 is 5.97 Å². The molecule has 6 heteroatoms. The van der Waals surface area contributed by atoms with Crippen LogP contribution < -0.4 is 0 Å². The molecule has 0 N–H and O–H groups in total. The lowest BCUT2D eigenvalue weighted by Gasteiger charge is -2.07. The third-order valence-corrected chi connectivity index (χ3v) is 3.71. The van der Waals surface area contributed by atoms with Gasteiger partial charge < -0.3 is 4.74 Å². The minimum absolute atomic E-state index is 0.0613. The van der Waals surface area contributed by atoms with Crippen molar-refractivity contribution in [3.8, 4) is 11.3 Å². The maximum Gasteiger partial charge on any atom is 0.313 e. The van der Waals surface area contributed by atoms with E-state index in [-0.39, 0.29) is 12.4 Å². The fraction of sp³-hybridized carbons (Fsp3) is 0.333. The monoisotopic (exact) mass is 324 g/mol. The largest absolute Gasteiger partial charge is 0.466 e. The first kappa shape index (κ1) is 16.1. The molecule has 3 rings (SSSR count). The molecule has 0 bridgehead atoms. The molecule has 0 atom stereocenters. The van der Waals surface area contributed by atoms with E-state index in [0.29, 0.717) is 18.1 Å². The second-order valence-electron chi connectivity index (χ2n) is 5.50. The summed E-state index contributed by atoms with van der Waals surface area (Å²) in [5, 5.41) is 13.0. The van der Waals surface area contributed by atoms with E-state index in [1.165, 1.54) is 0 Å². The SMILES string of the molecule is CCCc1cc(-c2ccccc2)nn2c(CC(=O)OCC)nnc12. The molecular weight excluding hydrogens is 304 g/mol. The van der Waals surface area contributed by atoms with Gasteiger partial charge in [-0.15, -0.1) is 10.2 Å². The molecule has 0 unspecified atom stereocenters. The second kappa shape index (κ2) is 7.21. The number of rotatable bonds is 6. The van der Waals surface area contributed by atoms with Crippen molar-refractivity contribution in [2.24, 2.45) is 0 Å². The predicted molar refractivity (Wildman–Crippen MR) is 90.6 cm³/mol. The van der Waals surface area contributed by atoms with Crippen molar-refractivity contribution in [1.29, 1.82) is 0 Å². The Balaban J connectivity index is 2.09. The van der Waals surface area contributed by atoms with Gasteiger partial charge in [0.25, 0.3) is 0 Å². The Labute approximate surface area is 140 Å². The first-order chi connectivity index (χ1) is 11.7. The summed E-state index contributed by atoms with van der Waals surface area (Å²) < 4.78 is 6.68. The van der Waals surface area contributed by atoms with Gasteiger partial charge in [0, 0.05) is 11.1 Å². The van der Waals surface area contributed by atoms with Gasteiger partial charge in [0.2, 0.25) is 0 Å². The molecule has 0 fully saturated rings. The molecule has 2 heterocycles. The lowest BCUT2D eigenvalue weighted by atomic mass is 10.1. The molecule has 0 aliphatic rings. The van der Waals surface area contributed by atoms with Gasteiger partial charge in [-0.25, -0.2) is 0 Å². The Morgan fingerprint density at radius 1 is 1.17 bits per heavy atom. The highest BCUT2D eigenvalue weighted by Crippen LogP contribution is 2.21. The van der Waals surface area contributed by atoms with Crippen molar-refractivity contribution in [2.45, 2.75) is 33.1 Å². The lowest BCUT2D eigenvalue weighted by Crippen LogP contribution is -2.12. The minimum Gasteiger partial charge on any atom is -0.466 e. The van der Waals surface area contributed by atoms with E-state index in [0.717, 1.165) is 29.7 Å². The summed E-state index contributed by atoms with van der Waals surface area (Å²) in [7, 11) is 0. The zero-order valence-corrected chi connectivity index (χ0v) is 13.9. The van der Waals surface area contributed by atoms with Crippen LogP contribution in [-0.2, 0) is 22.4 Å². The fourth-order valence-corrected chi connectivity index (χ4v) is 2.64. The Morgan fingerprint density at radius 2 is 1.96 bits per heavy atom. The van der Waals surface area contributed by atoms with E-state index < -0.39 is 0 Å². The Bertz CT molecular complexity index is 843. The van der Waals surface area contributed by atoms with Crippen LogP contribution in [0.4, 0.5) is 0 Å². The molecule has 24 heavy (non-hydrogen) atoms. The van der Waals surface area contributed by atoms with Crippen LogP contribution in [0.5, 0.6) is 0 Å². The number of benzene rings is 1. The minimum atomic E-state index is -0.323. The van der Waals surface area contributed by atoms with Crippen molar-refractivity contribution in [3.63, 3.8) is 0 Å². The number of carbonyl (C=O) groups excluding carboxylic acids is 1. The molecular formula is C18H20N4O2. The zero-order chi connectivity index (χ0) is 16.9. The van der Waals surface area contributed by atoms with Crippen LogP contribution in [0.1, 0.15) is 31.7 Å². The van der Waals surface area contributed by atoms with E-state index >= 15 is 0 Å². The molecule has 0 amide bonds. The number of nitrogens with zero attached hydrogens (tertiary/aromatic N) is 4. The Kier molecular flexibility index (Phi) is 4.84. The molecule has 0 aliphatic heterocycles. The number of hydrogen-bond donors (Lipinski definition) is 0. The number of ether oxygens (including phenoxy) is 1. The average Bonchev–Trinajstić information content (AvgIpc) is 2.99. The Hall–Kier alpha value is -2.76. The maximum atomic E-state index is 11.8. The van der Waals surface area contributed by atoms with E-state index in [2.05, 4.69) is 28.3 Å². The van der Waals surface area contributed by atoms with Crippen LogP contribution in [-0.4, -0.2) is 32.4 Å². The first-order valence-electron chi connectivity index (χ1n) is 8.18. The van der Waals surface area contributed by atoms with Crippen molar-refractivity contribution in [3.05, 3.63) is 47.8 Å². The normalized spacial score (nSPS) is 10.9. The van der Waals surface area contributed by atoms with E-state index in [9.17, 15) is 4.79 Å². The third kappa shape index (κ3) is 3.27. The molecule has 1 aromatic carbocycles. The van der Waals surface area contributed by atoms with E-state index in [1.54, 1.807) is 11.4 Å². The van der Waals surface area contributed by atoms with Gasteiger partial charge in [0.05, 0.1) is 12.3 Å². The van der Waals surface area contributed by atoms with Gasteiger partial charge in [0.15, 0.2) is 11.5 Å². The molecule has 124 valence electrons. The molecule has 0 aliphatic carbocycles. The standard InChI is InChI=1S/C18H20N4O2/c1-3-8-14-11-15(13-9-6-5-7-10-13)21-22-16(19-20-18(14)22)12-17(23)24-4-2/h5-7,9-11H,3-4,8,12H2,1-2H3. The fourth-order valence-electron chi connectivity index (χ4n) is 2.64. The number of aromatic nitrogens is 4. The molecule has 3 aromatic rings. The Morgan fingerprint density at radius 3 is 2.67 bits per heavy atom. The summed E-state index contributed by atoms with van der Waals surface area (Å²) in [6.07, 6.45) is 1.93.